The highest BCUT2D eigenvalue weighted by Crippen LogP contribution is 2.27. The van der Waals surface area contributed by atoms with Crippen LogP contribution < -0.4 is 5.32 Å². The second kappa shape index (κ2) is 8.45. The van der Waals surface area contributed by atoms with Gasteiger partial charge in [0.15, 0.2) is 0 Å². The minimum atomic E-state index is -3.62. The molecule has 1 N–H and O–H groups in total. The molecule has 0 saturated carbocycles. The van der Waals surface area contributed by atoms with E-state index in [4.69, 9.17) is 0 Å². The van der Waals surface area contributed by atoms with E-state index < -0.39 is 10.0 Å². The summed E-state index contributed by atoms with van der Waals surface area (Å²) in [6.45, 7) is 7.22. The molecule has 2 aromatic carbocycles. The van der Waals surface area contributed by atoms with Gasteiger partial charge in [-0.25, -0.2) is 8.42 Å². The van der Waals surface area contributed by atoms with Crippen LogP contribution >= 0.6 is 0 Å². The van der Waals surface area contributed by atoms with Crippen molar-refractivity contribution in [3.63, 3.8) is 0 Å². The Morgan fingerprint density at radius 3 is 2.43 bits per heavy atom. The quantitative estimate of drug-likeness (QED) is 0.819. The first-order valence-electron chi connectivity index (χ1n) is 9.80. The Morgan fingerprint density at radius 1 is 1.07 bits per heavy atom. The van der Waals surface area contributed by atoms with Crippen LogP contribution in [0, 0.1) is 11.8 Å². The summed E-state index contributed by atoms with van der Waals surface area (Å²) in [7, 11) is -3.62. The highest BCUT2D eigenvalue weighted by atomic mass is 32.2. The van der Waals surface area contributed by atoms with Crippen molar-refractivity contribution >= 4 is 21.6 Å². The molecule has 6 heteroatoms. The van der Waals surface area contributed by atoms with Crippen molar-refractivity contribution in [1.29, 1.82) is 0 Å². The largest absolute Gasteiger partial charge is 0.322 e. The highest BCUT2D eigenvalue weighted by molar-refractivity contribution is 7.89. The number of carbonyl (C=O) groups excluding carboxylic acids is 1. The summed E-state index contributed by atoms with van der Waals surface area (Å²) in [5.41, 5.74) is 2.13. The predicted octanol–water partition coefficient (Wildman–Crippen LogP) is 4.17. The van der Waals surface area contributed by atoms with Crippen LogP contribution in [0.25, 0.3) is 0 Å². The van der Waals surface area contributed by atoms with Gasteiger partial charge < -0.3 is 5.32 Å². The van der Waals surface area contributed by atoms with E-state index in [9.17, 15) is 13.2 Å². The average Bonchev–Trinajstić information content (AvgIpc) is 2.67. The molecule has 2 unspecified atom stereocenters. The Balaban J connectivity index is 1.84. The van der Waals surface area contributed by atoms with Crippen molar-refractivity contribution in [2.75, 3.05) is 18.4 Å². The summed E-state index contributed by atoms with van der Waals surface area (Å²) in [5.74, 6) is 0.351. The molecule has 28 heavy (non-hydrogen) atoms. The molecule has 1 heterocycles. The fourth-order valence-electron chi connectivity index (χ4n) is 3.89. The monoisotopic (exact) mass is 400 g/mol. The molecule has 0 bridgehead atoms. The van der Waals surface area contributed by atoms with Crippen molar-refractivity contribution in [3.8, 4) is 0 Å². The number of rotatable bonds is 5. The van der Waals surface area contributed by atoms with Crippen LogP contribution in [-0.4, -0.2) is 31.7 Å². The van der Waals surface area contributed by atoms with Crippen LogP contribution in [0.5, 0.6) is 0 Å². The van der Waals surface area contributed by atoms with Crippen molar-refractivity contribution in [3.05, 3.63) is 59.7 Å². The van der Waals surface area contributed by atoms with Gasteiger partial charge in [0.2, 0.25) is 10.0 Å². The van der Waals surface area contributed by atoms with Gasteiger partial charge in [-0.1, -0.05) is 45.0 Å². The van der Waals surface area contributed by atoms with E-state index in [2.05, 4.69) is 19.2 Å². The Labute approximate surface area is 167 Å². The number of amides is 1. The van der Waals surface area contributed by atoms with E-state index in [1.165, 1.54) is 6.07 Å². The molecule has 0 radical (unpaired) electrons. The van der Waals surface area contributed by atoms with E-state index >= 15 is 0 Å². The van der Waals surface area contributed by atoms with Crippen molar-refractivity contribution < 1.29 is 13.2 Å². The second-order valence-corrected chi connectivity index (χ2v) is 9.70. The van der Waals surface area contributed by atoms with E-state index in [1.807, 2.05) is 31.2 Å². The Bertz CT molecular complexity index is 946. The zero-order valence-corrected chi connectivity index (χ0v) is 17.5. The Kier molecular flexibility index (Phi) is 6.20. The molecule has 1 saturated heterocycles. The summed E-state index contributed by atoms with van der Waals surface area (Å²) < 4.78 is 27.8. The maximum atomic E-state index is 13.1. The van der Waals surface area contributed by atoms with Crippen LogP contribution in [0.1, 0.15) is 43.1 Å². The third-order valence-electron chi connectivity index (χ3n) is 5.22. The maximum absolute atomic E-state index is 13.1. The van der Waals surface area contributed by atoms with E-state index in [1.54, 1.807) is 22.5 Å². The van der Waals surface area contributed by atoms with Crippen LogP contribution in [0.3, 0.4) is 0 Å². The molecule has 1 aliphatic heterocycles. The van der Waals surface area contributed by atoms with Gasteiger partial charge in [-0.15, -0.1) is 0 Å². The number of nitrogens with zero attached hydrogens (tertiary/aromatic N) is 1. The number of sulfonamides is 1. The van der Waals surface area contributed by atoms with Crippen LogP contribution in [0.4, 0.5) is 5.69 Å². The summed E-state index contributed by atoms with van der Waals surface area (Å²) in [4.78, 5) is 12.9. The van der Waals surface area contributed by atoms with E-state index in [-0.39, 0.29) is 10.8 Å². The van der Waals surface area contributed by atoms with Gasteiger partial charge in [-0.2, -0.15) is 4.31 Å². The first-order valence-corrected chi connectivity index (χ1v) is 11.2. The third-order valence-corrected chi connectivity index (χ3v) is 7.04. The minimum absolute atomic E-state index is 0.172. The molecule has 5 nitrogen and oxygen atoms in total. The van der Waals surface area contributed by atoms with Gasteiger partial charge in [0, 0.05) is 24.3 Å². The SMILES string of the molecule is CCc1ccccc1NC(=O)c1cccc(S(=O)(=O)N2CC(C)CC(C)C2)c1. The zero-order chi connectivity index (χ0) is 20.3. The highest BCUT2D eigenvalue weighted by Gasteiger charge is 2.32. The first kappa shape index (κ1) is 20.6. The van der Waals surface area contributed by atoms with Gasteiger partial charge in [-0.05, 0) is 54.5 Å². The number of carbonyl (C=O) groups is 1. The molecule has 0 spiro atoms. The van der Waals surface area contributed by atoms with Gasteiger partial charge in [0.1, 0.15) is 0 Å². The summed E-state index contributed by atoms with van der Waals surface area (Å²) in [6, 6.07) is 13.9. The van der Waals surface area contributed by atoms with Gasteiger partial charge in [0.05, 0.1) is 4.90 Å². The van der Waals surface area contributed by atoms with Gasteiger partial charge in [0.25, 0.3) is 5.91 Å². The number of para-hydroxylation sites is 1. The molecular weight excluding hydrogens is 372 g/mol. The average molecular weight is 401 g/mol. The Morgan fingerprint density at radius 2 is 1.75 bits per heavy atom. The summed E-state index contributed by atoms with van der Waals surface area (Å²) in [5, 5.41) is 2.90. The number of hydrogen-bond acceptors (Lipinski definition) is 3. The molecule has 1 fully saturated rings. The smallest absolute Gasteiger partial charge is 0.255 e. The molecule has 2 atom stereocenters. The molecule has 1 aliphatic rings. The van der Waals surface area contributed by atoms with Gasteiger partial charge >= 0.3 is 0 Å². The lowest BCUT2D eigenvalue weighted by Crippen LogP contribution is -2.42. The Hall–Kier alpha value is -2.18. The van der Waals surface area contributed by atoms with Crippen LogP contribution in [-0.2, 0) is 16.4 Å². The minimum Gasteiger partial charge on any atom is -0.322 e. The van der Waals surface area contributed by atoms with E-state index in [0.29, 0.717) is 30.5 Å². The molecule has 2 aromatic rings. The number of piperidine rings is 1. The van der Waals surface area contributed by atoms with Crippen molar-refractivity contribution in [2.24, 2.45) is 11.8 Å². The first-order chi connectivity index (χ1) is 13.3. The number of nitrogens with one attached hydrogen (secondary N) is 1. The lowest BCUT2D eigenvalue weighted by Gasteiger charge is -2.34. The number of hydrogen-bond donors (Lipinski definition) is 1. The number of benzene rings is 2. The fourth-order valence-corrected chi connectivity index (χ4v) is 5.62. The van der Waals surface area contributed by atoms with Crippen molar-refractivity contribution in [1.82, 2.24) is 4.31 Å². The van der Waals surface area contributed by atoms with Gasteiger partial charge in [-0.3, -0.25) is 4.79 Å². The van der Waals surface area contributed by atoms with E-state index in [0.717, 1.165) is 24.1 Å². The standard InChI is InChI=1S/C22H28N2O3S/c1-4-18-8-5-6-11-21(18)23-22(25)19-9-7-10-20(13-19)28(26,27)24-14-16(2)12-17(3)15-24/h5-11,13,16-17H,4,12,14-15H2,1-3H3,(H,23,25). The zero-order valence-electron chi connectivity index (χ0n) is 16.7. The molecular formula is C22H28N2O3S. The summed E-state index contributed by atoms with van der Waals surface area (Å²) in [6.07, 6.45) is 1.83. The fraction of sp³-hybridized carbons (Fsp3) is 0.409. The van der Waals surface area contributed by atoms with Crippen LogP contribution in [0.15, 0.2) is 53.4 Å². The lowest BCUT2D eigenvalue weighted by molar-refractivity contribution is 0.102. The molecule has 0 aliphatic carbocycles. The second-order valence-electron chi connectivity index (χ2n) is 7.76. The molecule has 1 amide bonds. The van der Waals surface area contributed by atoms with Crippen molar-refractivity contribution in [2.45, 2.75) is 38.5 Å². The lowest BCUT2D eigenvalue weighted by atomic mass is 9.94. The van der Waals surface area contributed by atoms with Crippen LogP contribution in [0.2, 0.25) is 0 Å². The maximum Gasteiger partial charge on any atom is 0.255 e. The third kappa shape index (κ3) is 4.45. The summed E-state index contributed by atoms with van der Waals surface area (Å²) >= 11 is 0. The number of anilines is 1. The molecule has 3 rings (SSSR count). The number of aryl methyl sites for hydroxylation is 1. The molecule has 150 valence electrons. The predicted molar refractivity (Wildman–Crippen MR) is 112 cm³/mol. The normalized spacial score (nSPS) is 20.7. The molecule has 0 aromatic heterocycles. The topological polar surface area (TPSA) is 66.5 Å².